The van der Waals surface area contributed by atoms with E-state index >= 15 is 0 Å². The van der Waals surface area contributed by atoms with Gasteiger partial charge in [0.1, 0.15) is 19.6 Å². The molecule has 0 aliphatic rings. The molecule has 0 spiro atoms. The first-order valence-corrected chi connectivity index (χ1v) is 10.7. The van der Waals surface area contributed by atoms with E-state index in [-0.39, 0.29) is 18.0 Å². The Hall–Kier alpha value is -0.693. The average molecular weight is 320 g/mol. The van der Waals surface area contributed by atoms with Crippen LogP contribution in [-0.2, 0) is 18.9 Å². The second kappa shape index (κ2) is 11.0. The summed E-state index contributed by atoms with van der Waals surface area (Å²) in [4.78, 5) is 0. The fourth-order valence-corrected chi connectivity index (χ4v) is 2.51. The minimum absolute atomic E-state index is 0.00938. The van der Waals surface area contributed by atoms with E-state index in [9.17, 15) is 4.39 Å². The first kappa shape index (κ1) is 20.3. The lowest BCUT2D eigenvalue weighted by atomic mass is 10.2. The fourth-order valence-electron chi connectivity index (χ4n) is 1.54. The smallest absolute Gasteiger partial charge is 0.188 e. The van der Waals surface area contributed by atoms with Crippen LogP contribution in [0.3, 0.4) is 0 Å². The molecule has 0 aromatic carbocycles. The van der Waals surface area contributed by atoms with Crippen LogP contribution in [0.4, 0.5) is 4.39 Å². The van der Waals surface area contributed by atoms with Gasteiger partial charge in [-0.2, -0.15) is 0 Å². The molecule has 0 amide bonds. The summed E-state index contributed by atoms with van der Waals surface area (Å²) in [6.07, 6.45) is 1.85. The topological polar surface area (TPSA) is 36.9 Å². The Morgan fingerprint density at radius 3 is 2.43 bits per heavy atom. The molecule has 0 aromatic heterocycles. The molecule has 21 heavy (non-hydrogen) atoms. The maximum Gasteiger partial charge on any atom is 0.188 e. The van der Waals surface area contributed by atoms with Crippen molar-refractivity contribution < 1.29 is 23.3 Å². The van der Waals surface area contributed by atoms with Gasteiger partial charge in [0.05, 0.1) is 19.8 Å². The summed E-state index contributed by atoms with van der Waals surface area (Å²) in [7, 11) is -0.522. The van der Waals surface area contributed by atoms with Gasteiger partial charge in [-0.3, -0.25) is 0 Å². The normalized spacial score (nSPS) is 14.6. The second-order valence-electron chi connectivity index (χ2n) is 5.61. The van der Waals surface area contributed by atoms with Crippen molar-refractivity contribution in [3.63, 3.8) is 0 Å². The molecule has 0 radical (unpaired) electrons. The van der Waals surface area contributed by atoms with Crippen LogP contribution in [-0.4, -0.2) is 47.9 Å². The van der Waals surface area contributed by atoms with E-state index in [1.165, 1.54) is 0 Å². The molecule has 0 bridgehead atoms. The molecular formula is C15H29FO4Si. The summed E-state index contributed by atoms with van der Waals surface area (Å²) in [6.45, 7) is 12.6. The van der Waals surface area contributed by atoms with Crippen LogP contribution in [0.2, 0.25) is 19.6 Å². The Kier molecular flexibility index (Phi) is 10.6. The van der Waals surface area contributed by atoms with E-state index in [1.807, 2.05) is 26.6 Å². The summed E-state index contributed by atoms with van der Waals surface area (Å²) in [6, 6.07) is 0. The van der Waals surface area contributed by atoms with Gasteiger partial charge >= 0.3 is 0 Å². The second-order valence-corrected chi connectivity index (χ2v) is 10.5. The van der Waals surface area contributed by atoms with Gasteiger partial charge in [-0.25, -0.2) is 4.39 Å². The van der Waals surface area contributed by atoms with E-state index in [0.717, 1.165) is 0 Å². The minimum atomic E-state index is -2.12. The van der Waals surface area contributed by atoms with Crippen LogP contribution in [0.1, 0.15) is 13.3 Å². The molecule has 0 aliphatic heterocycles. The minimum Gasteiger partial charge on any atom is -0.467 e. The third-order valence-electron chi connectivity index (χ3n) is 2.68. The number of ether oxygens (including phenoxy) is 4. The zero-order chi connectivity index (χ0) is 16.3. The molecule has 124 valence electrons. The lowest BCUT2D eigenvalue weighted by Crippen LogP contribution is -2.29. The van der Waals surface area contributed by atoms with E-state index in [0.29, 0.717) is 26.2 Å². The van der Waals surface area contributed by atoms with Crippen molar-refractivity contribution in [2.24, 2.45) is 0 Å². The van der Waals surface area contributed by atoms with E-state index in [4.69, 9.17) is 18.9 Å². The third kappa shape index (κ3) is 8.36. The van der Waals surface area contributed by atoms with Gasteiger partial charge in [0, 0.05) is 7.11 Å². The van der Waals surface area contributed by atoms with Crippen molar-refractivity contribution in [2.75, 3.05) is 33.7 Å². The highest BCUT2D eigenvalue weighted by molar-refractivity contribution is 6.82. The molecule has 0 N–H and O–H groups in total. The molecule has 4 nitrogen and oxygen atoms in total. The highest BCUT2D eigenvalue weighted by Crippen LogP contribution is 2.25. The lowest BCUT2D eigenvalue weighted by molar-refractivity contribution is -0.0637. The van der Waals surface area contributed by atoms with Crippen molar-refractivity contribution in [3.05, 3.63) is 23.9 Å². The van der Waals surface area contributed by atoms with E-state index in [1.54, 1.807) is 13.2 Å². The first-order valence-electron chi connectivity index (χ1n) is 7.20. The zero-order valence-electron chi connectivity index (χ0n) is 13.9. The van der Waals surface area contributed by atoms with E-state index in [2.05, 4.69) is 6.58 Å². The van der Waals surface area contributed by atoms with Gasteiger partial charge in [-0.1, -0.05) is 32.6 Å². The Bertz CT molecular complexity index is 326. The van der Waals surface area contributed by atoms with Crippen molar-refractivity contribution in [3.8, 4) is 0 Å². The highest BCUT2D eigenvalue weighted by Gasteiger charge is 2.29. The molecule has 0 aromatic rings. The predicted molar refractivity (Wildman–Crippen MR) is 85.5 cm³/mol. The van der Waals surface area contributed by atoms with Gasteiger partial charge in [0.15, 0.2) is 12.6 Å². The van der Waals surface area contributed by atoms with Crippen molar-refractivity contribution in [2.45, 2.75) is 39.1 Å². The molecule has 0 fully saturated rings. The molecular weight excluding hydrogens is 291 g/mol. The molecule has 1 atom stereocenters. The molecule has 0 saturated carbocycles. The maximum absolute atomic E-state index is 14.6. The predicted octanol–water partition coefficient (Wildman–Crippen LogP) is 3.66. The Balaban J connectivity index is 4.87. The van der Waals surface area contributed by atoms with Gasteiger partial charge in [0.2, 0.25) is 0 Å². The van der Waals surface area contributed by atoms with Crippen molar-refractivity contribution in [1.29, 1.82) is 0 Å². The number of halogens is 1. The number of hydrogen-bond donors (Lipinski definition) is 0. The lowest BCUT2D eigenvalue weighted by Gasteiger charge is -2.24. The van der Waals surface area contributed by atoms with Crippen LogP contribution < -0.4 is 0 Å². The molecule has 0 saturated heterocycles. The molecule has 1 unspecified atom stereocenters. The van der Waals surface area contributed by atoms with Crippen LogP contribution >= 0.6 is 0 Å². The van der Waals surface area contributed by atoms with Gasteiger partial charge in [-0.15, -0.1) is 6.58 Å². The Morgan fingerprint density at radius 1 is 1.29 bits per heavy atom. The van der Waals surface area contributed by atoms with Crippen LogP contribution in [0.15, 0.2) is 23.9 Å². The van der Waals surface area contributed by atoms with Crippen LogP contribution in [0.25, 0.3) is 0 Å². The standard InChI is InChI=1S/C15H29FO4Si/c1-7-9-19-13(8-2)14(15(16)21(4,5)6)20-12-18-11-10-17-3/h7,13H,1,8-12H2,2-6H3/b15-14+. The molecule has 0 aliphatic carbocycles. The molecule has 0 rings (SSSR count). The average Bonchev–Trinajstić information content (AvgIpc) is 2.43. The zero-order valence-corrected chi connectivity index (χ0v) is 14.9. The van der Waals surface area contributed by atoms with Gasteiger partial charge in [-0.05, 0) is 6.42 Å². The summed E-state index contributed by atoms with van der Waals surface area (Å²) in [5.74, 6) is 0.260. The summed E-state index contributed by atoms with van der Waals surface area (Å²) < 4.78 is 35.9. The SMILES string of the molecule is C=CCOC(CC)/C(OCOCCOC)=C(/F)[Si](C)(C)C. The van der Waals surface area contributed by atoms with E-state index < -0.39 is 14.2 Å². The Morgan fingerprint density at radius 2 is 1.95 bits per heavy atom. The van der Waals surface area contributed by atoms with Gasteiger partial charge < -0.3 is 18.9 Å². The number of hydrogen-bond acceptors (Lipinski definition) is 4. The van der Waals surface area contributed by atoms with Crippen molar-refractivity contribution >= 4 is 8.07 Å². The number of rotatable bonds is 12. The fraction of sp³-hybridized carbons (Fsp3) is 0.733. The summed E-state index contributed by atoms with van der Waals surface area (Å²) >= 11 is 0. The first-order chi connectivity index (χ1) is 9.88. The third-order valence-corrected chi connectivity index (χ3v) is 4.25. The van der Waals surface area contributed by atoms with Crippen LogP contribution in [0, 0.1) is 0 Å². The quantitative estimate of drug-likeness (QED) is 0.181. The molecule has 6 heteroatoms. The maximum atomic E-state index is 14.6. The summed E-state index contributed by atoms with van der Waals surface area (Å²) in [5, 5.41) is 0. The van der Waals surface area contributed by atoms with Crippen LogP contribution in [0.5, 0.6) is 0 Å². The largest absolute Gasteiger partial charge is 0.467 e. The Labute approximate surface area is 128 Å². The number of methoxy groups -OCH3 is 1. The summed E-state index contributed by atoms with van der Waals surface area (Å²) in [5.41, 5.74) is -0.186. The van der Waals surface area contributed by atoms with Gasteiger partial charge in [0.25, 0.3) is 0 Å². The molecule has 0 heterocycles. The van der Waals surface area contributed by atoms with Crippen molar-refractivity contribution in [1.82, 2.24) is 0 Å². The highest BCUT2D eigenvalue weighted by atomic mass is 28.3. The monoisotopic (exact) mass is 320 g/mol.